The molecule has 0 spiro atoms. The molecule has 2 atom stereocenters. The van der Waals surface area contributed by atoms with Crippen molar-refractivity contribution < 1.29 is 26.7 Å². The molecule has 1 aliphatic carbocycles. The Morgan fingerprint density at radius 3 is 2.51 bits per heavy atom. The van der Waals surface area contributed by atoms with Gasteiger partial charge in [-0.05, 0) is 30.3 Å². The number of hydrogen-bond acceptors (Lipinski definition) is 5. The highest BCUT2D eigenvalue weighted by molar-refractivity contribution is 9.10. The molecule has 0 bridgehead atoms. The predicted octanol–water partition coefficient (Wildman–Crippen LogP) is 7.30. The molecular formula is C26H18BrF3N2O3S2. The van der Waals surface area contributed by atoms with Crippen LogP contribution < -0.4 is 4.72 Å². The fourth-order valence-corrected chi connectivity index (χ4v) is 6.84. The Hall–Kier alpha value is -3.02. The Bertz CT molecular complexity index is 1630. The largest absolute Gasteiger partial charge is 0.506 e. The van der Waals surface area contributed by atoms with Crippen molar-refractivity contribution in [2.75, 3.05) is 4.72 Å². The van der Waals surface area contributed by atoms with Crippen LogP contribution in [0.3, 0.4) is 0 Å². The van der Waals surface area contributed by atoms with Crippen molar-refractivity contribution in [2.45, 2.75) is 22.0 Å². The van der Waals surface area contributed by atoms with E-state index in [4.69, 9.17) is 0 Å². The van der Waals surface area contributed by atoms with E-state index in [1.54, 1.807) is 30.5 Å². The van der Waals surface area contributed by atoms with Gasteiger partial charge in [0.2, 0.25) is 0 Å². The monoisotopic (exact) mass is 606 g/mol. The van der Waals surface area contributed by atoms with Gasteiger partial charge in [-0.3, -0.25) is 9.71 Å². The van der Waals surface area contributed by atoms with E-state index in [0.717, 1.165) is 17.0 Å². The number of sulfonamides is 1. The highest BCUT2D eigenvalue weighted by Gasteiger charge is 2.34. The number of alkyl halides is 3. The minimum atomic E-state index is -4.74. The SMILES string of the molecule is O=S(=O)(Nc1cc(SC2=CC=CC3C=CC=NC23)c(O)c2ccccc12)c1ccc(Br)c(C(F)(F)F)c1. The topological polar surface area (TPSA) is 78.8 Å². The molecule has 0 saturated carbocycles. The number of phenolic OH excluding ortho intramolecular Hbond substituents is 1. The van der Waals surface area contributed by atoms with E-state index in [2.05, 4.69) is 25.6 Å². The van der Waals surface area contributed by atoms with Crippen LogP contribution in [-0.2, 0) is 16.2 Å². The van der Waals surface area contributed by atoms with Gasteiger partial charge in [-0.1, -0.05) is 76.3 Å². The Kier molecular flexibility index (Phi) is 6.71. The summed E-state index contributed by atoms with van der Waals surface area (Å²) in [5, 5.41) is 11.8. The van der Waals surface area contributed by atoms with Crippen LogP contribution in [0.5, 0.6) is 5.75 Å². The predicted molar refractivity (Wildman–Crippen MR) is 144 cm³/mol. The number of aromatic hydroxyl groups is 1. The first-order chi connectivity index (χ1) is 17.5. The first kappa shape index (κ1) is 25.6. The fraction of sp³-hybridized carbons (Fsp3) is 0.115. The summed E-state index contributed by atoms with van der Waals surface area (Å²) in [6.45, 7) is 0. The summed E-state index contributed by atoms with van der Waals surface area (Å²) < 4.78 is 68.7. The maximum Gasteiger partial charge on any atom is 0.417 e. The van der Waals surface area contributed by atoms with Gasteiger partial charge >= 0.3 is 6.18 Å². The smallest absolute Gasteiger partial charge is 0.417 e. The molecule has 2 aliphatic rings. The molecule has 3 aromatic rings. The third-order valence-corrected chi connectivity index (χ3v) is 9.12. The molecular weight excluding hydrogens is 589 g/mol. The second-order valence-electron chi connectivity index (χ2n) is 8.32. The third kappa shape index (κ3) is 5.07. The van der Waals surface area contributed by atoms with E-state index in [1.165, 1.54) is 17.8 Å². The number of halogens is 4. The van der Waals surface area contributed by atoms with Crippen LogP contribution >= 0.6 is 27.7 Å². The molecule has 2 unspecified atom stereocenters. The molecule has 11 heteroatoms. The number of fused-ring (bicyclic) bond motifs is 2. The third-order valence-electron chi connectivity index (χ3n) is 5.92. The Morgan fingerprint density at radius 1 is 1.03 bits per heavy atom. The zero-order valence-corrected chi connectivity index (χ0v) is 22.0. The van der Waals surface area contributed by atoms with Crippen LogP contribution in [0.1, 0.15) is 5.56 Å². The number of allylic oxidation sites excluding steroid dienone is 3. The summed E-state index contributed by atoms with van der Waals surface area (Å²) >= 11 is 4.09. The van der Waals surface area contributed by atoms with Gasteiger partial charge in [0.15, 0.2) is 0 Å². The molecule has 0 radical (unpaired) electrons. The van der Waals surface area contributed by atoms with E-state index in [1.807, 2.05) is 30.4 Å². The van der Waals surface area contributed by atoms with Crippen molar-refractivity contribution in [2.24, 2.45) is 10.9 Å². The van der Waals surface area contributed by atoms with E-state index in [-0.39, 0.29) is 27.9 Å². The second kappa shape index (κ2) is 9.70. The molecule has 5 nitrogen and oxygen atoms in total. The zero-order valence-electron chi connectivity index (χ0n) is 18.8. The van der Waals surface area contributed by atoms with Gasteiger partial charge in [-0.15, -0.1) is 0 Å². The molecule has 0 amide bonds. The molecule has 3 aromatic carbocycles. The maximum atomic E-state index is 13.4. The number of dihydropyridines is 1. The van der Waals surface area contributed by atoms with Crippen molar-refractivity contribution in [1.82, 2.24) is 0 Å². The highest BCUT2D eigenvalue weighted by atomic mass is 79.9. The van der Waals surface area contributed by atoms with Crippen LogP contribution in [0.4, 0.5) is 18.9 Å². The first-order valence-corrected chi connectivity index (χ1v) is 14.0. The summed E-state index contributed by atoms with van der Waals surface area (Å²) in [5.74, 6) is 0.0344. The first-order valence-electron chi connectivity index (χ1n) is 10.9. The summed E-state index contributed by atoms with van der Waals surface area (Å²) in [5.41, 5.74) is -0.973. The van der Waals surface area contributed by atoms with Gasteiger partial charge in [-0.2, -0.15) is 13.2 Å². The summed E-state index contributed by atoms with van der Waals surface area (Å²) in [6, 6.07) is 10.7. The van der Waals surface area contributed by atoms with Crippen LogP contribution in [0.25, 0.3) is 10.8 Å². The number of phenols is 1. The lowest BCUT2D eigenvalue weighted by Gasteiger charge is -2.26. The van der Waals surface area contributed by atoms with Gasteiger partial charge < -0.3 is 5.11 Å². The highest BCUT2D eigenvalue weighted by Crippen LogP contribution is 2.46. The number of hydrogen-bond donors (Lipinski definition) is 2. The lowest BCUT2D eigenvalue weighted by atomic mass is 9.93. The molecule has 5 rings (SSSR count). The van der Waals surface area contributed by atoms with Gasteiger partial charge in [0, 0.05) is 32.3 Å². The second-order valence-corrected chi connectivity index (χ2v) is 12.0. The van der Waals surface area contributed by atoms with Crippen LogP contribution in [0.2, 0.25) is 0 Å². The Balaban J connectivity index is 1.56. The van der Waals surface area contributed by atoms with E-state index in [0.29, 0.717) is 21.7 Å². The molecule has 1 aliphatic heterocycles. The number of rotatable bonds is 5. The van der Waals surface area contributed by atoms with Crippen molar-refractivity contribution in [1.29, 1.82) is 0 Å². The van der Waals surface area contributed by atoms with Gasteiger partial charge in [0.1, 0.15) is 5.75 Å². The van der Waals surface area contributed by atoms with E-state index >= 15 is 0 Å². The average molecular weight is 607 g/mol. The standard InChI is InChI=1S/C26H18BrF3N2O3S2/c27-20-11-10-16(13-19(20)26(28,29)30)37(34,35)32-21-14-23(25(33)18-8-2-1-7-17(18)21)36-22-9-3-5-15-6-4-12-31-24(15)22/h1-15,24,32-33H. The van der Waals surface area contributed by atoms with Crippen molar-refractivity contribution in [3.8, 4) is 5.75 Å². The van der Waals surface area contributed by atoms with Crippen molar-refractivity contribution in [3.63, 3.8) is 0 Å². The Labute approximate surface area is 223 Å². The summed E-state index contributed by atoms with van der Waals surface area (Å²) in [6.07, 6.45) is 6.68. The quantitative estimate of drug-likeness (QED) is 0.299. The minimum Gasteiger partial charge on any atom is -0.506 e. The summed E-state index contributed by atoms with van der Waals surface area (Å²) in [4.78, 5) is 5.23. The number of benzene rings is 3. The van der Waals surface area contributed by atoms with Crippen LogP contribution in [0.15, 0.2) is 103 Å². The van der Waals surface area contributed by atoms with E-state index in [9.17, 15) is 26.7 Å². The average Bonchev–Trinajstić information content (AvgIpc) is 2.86. The van der Waals surface area contributed by atoms with Gasteiger partial charge in [0.05, 0.1) is 27.1 Å². The fourth-order valence-electron chi connectivity index (χ4n) is 4.15. The van der Waals surface area contributed by atoms with Crippen LogP contribution in [-0.4, -0.2) is 25.8 Å². The molecule has 37 heavy (non-hydrogen) atoms. The molecule has 0 saturated heterocycles. The molecule has 2 N–H and O–H groups in total. The number of thioether (sulfide) groups is 1. The lowest BCUT2D eigenvalue weighted by Crippen LogP contribution is -2.21. The number of nitrogens with zero attached hydrogens (tertiary/aromatic N) is 1. The number of anilines is 1. The zero-order chi connectivity index (χ0) is 26.4. The maximum absolute atomic E-state index is 13.4. The lowest BCUT2D eigenvalue weighted by molar-refractivity contribution is -0.138. The minimum absolute atomic E-state index is 0.0334. The van der Waals surface area contributed by atoms with Gasteiger partial charge in [0.25, 0.3) is 10.0 Å². The normalized spacial score (nSPS) is 19.1. The molecule has 0 fully saturated rings. The number of aliphatic imine (C=N–C) groups is 1. The van der Waals surface area contributed by atoms with Crippen LogP contribution in [0, 0.1) is 5.92 Å². The van der Waals surface area contributed by atoms with Gasteiger partial charge in [-0.25, -0.2) is 8.42 Å². The number of nitrogens with one attached hydrogen (secondary N) is 1. The molecule has 1 heterocycles. The van der Waals surface area contributed by atoms with Crippen molar-refractivity contribution >= 4 is 60.4 Å². The Morgan fingerprint density at radius 2 is 1.76 bits per heavy atom. The van der Waals surface area contributed by atoms with E-state index < -0.39 is 26.7 Å². The molecule has 190 valence electrons. The molecule has 0 aromatic heterocycles. The summed E-state index contributed by atoms with van der Waals surface area (Å²) in [7, 11) is -4.41. The van der Waals surface area contributed by atoms with Crippen molar-refractivity contribution in [3.05, 3.63) is 93.9 Å².